The summed E-state index contributed by atoms with van der Waals surface area (Å²) in [7, 11) is -2.72. The van der Waals surface area contributed by atoms with Gasteiger partial charge >= 0.3 is 160 Å². The van der Waals surface area contributed by atoms with Crippen molar-refractivity contribution in [1.82, 2.24) is 0 Å². The van der Waals surface area contributed by atoms with Gasteiger partial charge in [0.15, 0.2) is 0 Å². The molecule has 27 heavy (non-hydrogen) atoms. The summed E-state index contributed by atoms with van der Waals surface area (Å²) in [5.74, 6) is 0.231. The molecule has 0 bridgehead atoms. The molecular formula is C24H23O2P. The van der Waals surface area contributed by atoms with Gasteiger partial charge in [-0.15, -0.1) is 0 Å². The zero-order chi connectivity index (χ0) is 18.7. The van der Waals surface area contributed by atoms with E-state index in [0.717, 1.165) is 5.31 Å². The molecule has 0 fully saturated rings. The quantitative estimate of drug-likeness (QED) is 0.682. The second-order valence-corrected chi connectivity index (χ2v) is 10.6. The first kappa shape index (κ1) is 17.7. The Kier molecular flexibility index (Phi) is 4.94. The van der Waals surface area contributed by atoms with E-state index in [4.69, 9.17) is 0 Å². The number of hydrogen-bond acceptors (Lipinski definition) is 2. The van der Waals surface area contributed by atoms with Gasteiger partial charge in [0.1, 0.15) is 0 Å². The Morgan fingerprint density at radius 1 is 0.667 bits per heavy atom. The van der Waals surface area contributed by atoms with Crippen LogP contribution in [-0.4, -0.2) is 16.3 Å². The van der Waals surface area contributed by atoms with Gasteiger partial charge in [-0.2, -0.15) is 0 Å². The van der Waals surface area contributed by atoms with Crippen molar-refractivity contribution in [3.63, 3.8) is 0 Å². The van der Waals surface area contributed by atoms with Crippen molar-refractivity contribution in [3.8, 4) is 0 Å². The Bertz CT molecular complexity index is 866. The van der Waals surface area contributed by atoms with E-state index in [9.17, 15) is 10.2 Å². The van der Waals surface area contributed by atoms with E-state index in [-0.39, 0.29) is 5.76 Å². The normalized spacial score (nSPS) is 17.7. The first-order valence-electron chi connectivity index (χ1n) is 9.19. The van der Waals surface area contributed by atoms with Crippen molar-refractivity contribution in [3.05, 3.63) is 114 Å². The topological polar surface area (TPSA) is 40.5 Å². The van der Waals surface area contributed by atoms with Gasteiger partial charge in [0, 0.05) is 0 Å². The molecular weight excluding hydrogens is 351 g/mol. The summed E-state index contributed by atoms with van der Waals surface area (Å²) in [5, 5.41) is 25.8. The van der Waals surface area contributed by atoms with Crippen LogP contribution in [0.15, 0.2) is 114 Å². The molecule has 1 aliphatic carbocycles. The van der Waals surface area contributed by atoms with E-state index in [1.54, 1.807) is 12.2 Å². The van der Waals surface area contributed by atoms with Gasteiger partial charge in [-0.05, 0) is 0 Å². The van der Waals surface area contributed by atoms with Crippen LogP contribution in [0.4, 0.5) is 0 Å². The van der Waals surface area contributed by atoms with Gasteiger partial charge in [-0.25, -0.2) is 0 Å². The van der Waals surface area contributed by atoms with E-state index in [0.29, 0.717) is 6.42 Å². The van der Waals surface area contributed by atoms with Crippen molar-refractivity contribution in [2.24, 2.45) is 0 Å². The molecule has 0 heterocycles. The predicted molar refractivity (Wildman–Crippen MR) is 116 cm³/mol. The van der Waals surface area contributed by atoms with Crippen molar-refractivity contribution in [2.45, 2.75) is 12.5 Å². The average Bonchev–Trinajstić information content (AvgIpc) is 2.73. The summed E-state index contributed by atoms with van der Waals surface area (Å²) in [6, 6.07) is 31.2. The van der Waals surface area contributed by atoms with Gasteiger partial charge in [-0.3, -0.25) is 0 Å². The van der Waals surface area contributed by atoms with E-state index in [2.05, 4.69) is 72.8 Å². The van der Waals surface area contributed by atoms with Crippen LogP contribution < -0.4 is 15.9 Å². The van der Waals surface area contributed by atoms with Gasteiger partial charge in [0.25, 0.3) is 0 Å². The molecule has 1 aliphatic rings. The van der Waals surface area contributed by atoms with Crippen LogP contribution in [0.2, 0.25) is 0 Å². The number of aliphatic hydroxyl groups is 2. The molecule has 3 aromatic rings. The molecule has 2 nitrogen and oxygen atoms in total. The van der Waals surface area contributed by atoms with Crippen LogP contribution in [0.1, 0.15) is 6.42 Å². The molecule has 4 rings (SSSR count). The minimum atomic E-state index is -2.72. The van der Waals surface area contributed by atoms with Gasteiger partial charge in [0.05, 0.1) is 0 Å². The monoisotopic (exact) mass is 374 g/mol. The molecule has 2 N–H and O–H groups in total. The fourth-order valence-corrected chi connectivity index (χ4v) is 9.16. The van der Waals surface area contributed by atoms with E-state index in [1.165, 1.54) is 15.9 Å². The maximum atomic E-state index is 11.0. The molecule has 136 valence electrons. The van der Waals surface area contributed by atoms with Crippen LogP contribution in [0, 0.1) is 0 Å². The number of allylic oxidation sites excluding steroid dienone is 1. The van der Waals surface area contributed by atoms with Crippen LogP contribution >= 0.6 is 7.26 Å². The Morgan fingerprint density at radius 3 is 1.48 bits per heavy atom. The third kappa shape index (κ3) is 3.12. The van der Waals surface area contributed by atoms with Crippen LogP contribution in [0.3, 0.4) is 0 Å². The van der Waals surface area contributed by atoms with Gasteiger partial charge in [0.2, 0.25) is 0 Å². The van der Waals surface area contributed by atoms with Crippen molar-refractivity contribution >= 4 is 23.2 Å². The SMILES string of the molecule is OC1=CCC(O)C([PH](c2ccccc2)(c2ccccc2)c2ccccc2)=C1. The van der Waals surface area contributed by atoms with Gasteiger partial charge in [-0.1, -0.05) is 0 Å². The summed E-state index contributed by atoms with van der Waals surface area (Å²) in [6.07, 6.45) is 3.29. The minimum absolute atomic E-state index is 0.231. The number of benzene rings is 3. The van der Waals surface area contributed by atoms with Gasteiger partial charge < -0.3 is 0 Å². The molecule has 1 unspecified atom stereocenters. The Labute approximate surface area is 160 Å². The van der Waals surface area contributed by atoms with E-state index in [1.807, 2.05) is 18.2 Å². The maximum absolute atomic E-state index is 11.0. The Balaban J connectivity index is 2.12. The van der Waals surface area contributed by atoms with E-state index >= 15 is 0 Å². The summed E-state index contributed by atoms with van der Waals surface area (Å²) >= 11 is 0. The summed E-state index contributed by atoms with van der Waals surface area (Å²) in [4.78, 5) is 0. The predicted octanol–water partition coefficient (Wildman–Crippen LogP) is 3.80. The van der Waals surface area contributed by atoms with Crippen molar-refractivity contribution in [1.29, 1.82) is 0 Å². The summed E-state index contributed by atoms with van der Waals surface area (Å²) < 4.78 is 0. The van der Waals surface area contributed by atoms with Crippen LogP contribution in [0.5, 0.6) is 0 Å². The third-order valence-electron chi connectivity index (χ3n) is 5.27. The van der Waals surface area contributed by atoms with E-state index < -0.39 is 13.4 Å². The Morgan fingerprint density at radius 2 is 1.07 bits per heavy atom. The fourth-order valence-electron chi connectivity index (χ4n) is 4.10. The summed E-state index contributed by atoms with van der Waals surface area (Å²) in [6.45, 7) is 0. The van der Waals surface area contributed by atoms with Crippen molar-refractivity contribution in [2.75, 3.05) is 0 Å². The number of hydrogen-bond donors (Lipinski definition) is 2. The average molecular weight is 374 g/mol. The third-order valence-corrected chi connectivity index (χ3v) is 10.2. The molecule has 1 atom stereocenters. The standard InChI is InChI=1S/C24H23O2P/c25-19-16-17-23(26)24(18-19)27(20-10-4-1-5-11-20,21-12-6-2-7-13-21)22-14-8-3-9-15-22/h1-16,18,23,25-27H,17H2. The molecule has 0 radical (unpaired) electrons. The molecule has 0 saturated carbocycles. The molecule has 0 spiro atoms. The molecule has 0 aromatic heterocycles. The van der Waals surface area contributed by atoms with Crippen molar-refractivity contribution < 1.29 is 10.2 Å². The zero-order valence-electron chi connectivity index (χ0n) is 15.0. The molecule has 3 aromatic carbocycles. The first-order chi connectivity index (χ1) is 13.2. The molecule has 0 amide bonds. The molecule has 0 aliphatic heterocycles. The fraction of sp³-hybridized carbons (Fsp3) is 0.0833. The first-order valence-corrected chi connectivity index (χ1v) is 11.2. The summed E-state index contributed by atoms with van der Waals surface area (Å²) in [5.41, 5.74) is 0. The number of rotatable bonds is 4. The Hall–Kier alpha value is -2.67. The molecule has 0 saturated heterocycles. The van der Waals surface area contributed by atoms with Crippen LogP contribution in [0.25, 0.3) is 0 Å². The second kappa shape index (κ2) is 7.52. The van der Waals surface area contributed by atoms with Crippen LogP contribution in [-0.2, 0) is 0 Å². The zero-order valence-corrected chi connectivity index (χ0v) is 16.0. The second-order valence-electron chi connectivity index (χ2n) is 6.83. The number of aliphatic hydroxyl groups excluding tert-OH is 2. The molecule has 3 heteroatoms.